The van der Waals surface area contributed by atoms with E-state index >= 15 is 0 Å². The van der Waals surface area contributed by atoms with Crippen LogP contribution in [0.4, 0.5) is 11.4 Å². The van der Waals surface area contributed by atoms with Crippen LogP contribution in [0, 0.1) is 0 Å². The molecule has 24 heavy (non-hydrogen) atoms. The first-order valence-electron chi connectivity index (χ1n) is 8.03. The zero-order valence-corrected chi connectivity index (χ0v) is 13.0. The minimum atomic E-state index is 0.308. The van der Waals surface area contributed by atoms with Gasteiger partial charge in [0.1, 0.15) is 5.75 Å². The summed E-state index contributed by atoms with van der Waals surface area (Å²) in [6, 6.07) is 26.4. The highest BCUT2D eigenvalue weighted by Crippen LogP contribution is 2.46. The fraction of sp³-hybridized carbons (Fsp3) is 0. The summed E-state index contributed by atoms with van der Waals surface area (Å²) < 4.78 is 0. The van der Waals surface area contributed by atoms with E-state index in [2.05, 4.69) is 53.8 Å². The van der Waals surface area contributed by atoms with Crippen molar-refractivity contribution in [3.05, 3.63) is 78.9 Å². The average Bonchev–Trinajstić information content (AvgIpc) is 2.63. The fourth-order valence-electron chi connectivity index (χ4n) is 3.64. The molecule has 0 saturated heterocycles. The zero-order valence-electron chi connectivity index (χ0n) is 13.0. The first-order chi connectivity index (χ1) is 11.8. The number of aromatic hydroxyl groups is 1. The molecule has 0 atom stereocenters. The average molecular weight is 309 g/mol. The number of phenolic OH excluding ortho intramolecular Hbond substituents is 1. The summed E-state index contributed by atoms with van der Waals surface area (Å²) in [5.74, 6) is 0.308. The summed E-state index contributed by atoms with van der Waals surface area (Å²) >= 11 is 0. The van der Waals surface area contributed by atoms with Crippen molar-refractivity contribution >= 4 is 22.1 Å². The lowest BCUT2D eigenvalue weighted by Crippen LogP contribution is -2.01. The van der Waals surface area contributed by atoms with Crippen LogP contribution in [0.5, 0.6) is 5.75 Å². The van der Waals surface area contributed by atoms with E-state index in [0.717, 1.165) is 27.9 Å². The minimum Gasteiger partial charge on any atom is -0.507 e. The Hall–Kier alpha value is -3.26. The van der Waals surface area contributed by atoms with Crippen molar-refractivity contribution in [1.29, 1.82) is 0 Å². The molecule has 0 amide bonds. The molecule has 5 rings (SSSR count). The van der Waals surface area contributed by atoms with Gasteiger partial charge in [-0.3, -0.25) is 0 Å². The Kier molecular flexibility index (Phi) is 2.68. The zero-order chi connectivity index (χ0) is 16.1. The van der Waals surface area contributed by atoms with Crippen molar-refractivity contribution < 1.29 is 5.11 Å². The number of rotatable bonds is 1. The largest absolute Gasteiger partial charge is 0.507 e. The summed E-state index contributed by atoms with van der Waals surface area (Å²) in [5.41, 5.74) is 6.60. The van der Waals surface area contributed by atoms with Crippen molar-refractivity contribution in [3.8, 4) is 28.0 Å². The van der Waals surface area contributed by atoms with Gasteiger partial charge in [-0.15, -0.1) is 0 Å². The van der Waals surface area contributed by atoms with Gasteiger partial charge in [0.15, 0.2) is 0 Å². The number of benzene rings is 4. The summed E-state index contributed by atoms with van der Waals surface area (Å²) in [6.45, 7) is 0. The molecule has 114 valence electrons. The number of fused-ring (bicyclic) bond motifs is 2. The van der Waals surface area contributed by atoms with E-state index in [1.807, 2.05) is 24.3 Å². The van der Waals surface area contributed by atoms with E-state index in [4.69, 9.17) is 0 Å². The highest BCUT2D eigenvalue weighted by Gasteiger charge is 2.19. The summed E-state index contributed by atoms with van der Waals surface area (Å²) in [4.78, 5) is 0. The first-order valence-corrected chi connectivity index (χ1v) is 8.03. The van der Waals surface area contributed by atoms with Crippen LogP contribution in [-0.2, 0) is 0 Å². The van der Waals surface area contributed by atoms with E-state index < -0.39 is 0 Å². The van der Waals surface area contributed by atoms with Gasteiger partial charge >= 0.3 is 0 Å². The molecule has 0 aromatic heterocycles. The smallest absolute Gasteiger partial charge is 0.123 e. The molecule has 0 saturated carbocycles. The number of hydrogen-bond donors (Lipinski definition) is 2. The standard InChI is InChI=1S/C22H15NO/c24-21-11-4-2-7-16(21)14-12-13-20-22-17(14)8-5-9-18(22)15-6-1-3-10-19(15)23-20/h1-13,23-24H. The SMILES string of the molecule is Oc1ccccc1-c1ccc2c3c(cccc13)-c1ccccc1N2. The lowest BCUT2D eigenvalue weighted by atomic mass is 9.89. The monoisotopic (exact) mass is 309 g/mol. The maximum Gasteiger partial charge on any atom is 0.123 e. The Balaban J connectivity index is 1.89. The molecular weight excluding hydrogens is 294 g/mol. The summed E-state index contributed by atoms with van der Waals surface area (Å²) in [5, 5.41) is 16.2. The molecule has 1 aliphatic rings. The van der Waals surface area contributed by atoms with Gasteiger partial charge in [-0.2, -0.15) is 0 Å². The van der Waals surface area contributed by atoms with Gasteiger partial charge in [-0.05, 0) is 34.7 Å². The third-order valence-electron chi connectivity index (χ3n) is 4.72. The quantitative estimate of drug-likeness (QED) is 0.402. The van der Waals surface area contributed by atoms with E-state index in [1.165, 1.54) is 16.5 Å². The predicted octanol–water partition coefficient (Wildman–Crippen LogP) is 5.94. The molecular formula is C22H15NO. The Morgan fingerprint density at radius 3 is 2.17 bits per heavy atom. The molecule has 0 radical (unpaired) electrons. The van der Waals surface area contributed by atoms with Crippen molar-refractivity contribution in [2.24, 2.45) is 0 Å². The van der Waals surface area contributed by atoms with Crippen LogP contribution in [0.1, 0.15) is 0 Å². The molecule has 2 nitrogen and oxygen atoms in total. The van der Waals surface area contributed by atoms with Crippen molar-refractivity contribution in [3.63, 3.8) is 0 Å². The van der Waals surface area contributed by atoms with Crippen LogP contribution >= 0.6 is 0 Å². The molecule has 1 heterocycles. The summed E-state index contributed by atoms with van der Waals surface area (Å²) in [6.07, 6.45) is 0. The second kappa shape index (κ2) is 4.87. The van der Waals surface area contributed by atoms with Gasteiger partial charge in [0, 0.05) is 27.9 Å². The number of nitrogens with one attached hydrogen (secondary N) is 1. The Labute approximate surface area is 140 Å². The van der Waals surface area contributed by atoms with Crippen molar-refractivity contribution in [2.45, 2.75) is 0 Å². The highest BCUT2D eigenvalue weighted by atomic mass is 16.3. The molecule has 0 bridgehead atoms. The number of para-hydroxylation sites is 2. The molecule has 2 heteroatoms. The van der Waals surface area contributed by atoms with Gasteiger partial charge < -0.3 is 10.4 Å². The van der Waals surface area contributed by atoms with E-state index in [9.17, 15) is 5.11 Å². The van der Waals surface area contributed by atoms with Crippen LogP contribution in [0.2, 0.25) is 0 Å². The molecule has 4 aromatic carbocycles. The molecule has 0 fully saturated rings. The van der Waals surface area contributed by atoms with Gasteiger partial charge in [-0.25, -0.2) is 0 Å². The Bertz CT molecular complexity index is 1100. The van der Waals surface area contributed by atoms with Crippen LogP contribution in [0.15, 0.2) is 78.9 Å². The Morgan fingerprint density at radius 2 is 1.29 bits per heavy atom. The third kappa shape index (κ3) is 1.77. The molecule has 0 unspecified atom stereocenters. The van der Waals surface area contributed by atoms with Crippen molar-refractivity contribution in [1.82, 2.24) is 0 Å². The lowest BCUT2D eigenvalue weighted by molar-refractivity contribution is 0.477. The normalized spacial score (nSPS) is 11.8. The van der Waals surface area contributed by atoms with Gasteiger partial charge in [0.05, 0.1) is 0 Å². The maximum atomic E-state index is 10.3. The fourth-order valence-corrected chi connectivity index (χ4v) is 3.64. The van der Waals surface area contributed by atoms with E-state index in [1.54, 1.807) is 6.07 Å². The molecule has 2 N–H and O–H groups in total. The minimum absolute atomic E-state index is 0.308. The number of anilines is 2. The topological polar surface area (TPSA) is 32.3 Å². The maximum absolute atomic E-state index is 10.3. The second-order valence-electron chi connectivity index (χ2n) is 6.08. The van der Waals surface area contributed by atoms with Crippen molar-refractivity contribution in [2.75, 3.05) is 5.32 Å². The highest BCUT2D eigenvalue weighted by molar-refractivity contribution is 6.15. The predicted molar refractivity (Wildman–Crippen MR) is 99.8 cm³/mol. The summed E-state index contributed by atoms with van der Waals surface area (Å²) in [7, 11) is 0. The molecule has 1 aliphatic heterocycles. The molecule has 0 spiro atoms. The third-order valence-corrected chi connectivity index (χ3v) is 4.72. The van der Waals surface area contributed by atoms with Gasteiger partial charge in [-0.1, -0.05) is 60.7 Å². The van der Waals surface area contributed by atoms with Gasteiger partial charge in [0.25, 0.3) is 0 Å². The molecule has 4 aromatic rings. The molecule has 0 aliphatic carbocycles. The van der Waals surface area contributed by atoms with Crippen LogP contribution in [0.3, 0.4) is 0 Å². The van der Waals surface area contributed by atoms with E-state index in [0.29, 0.717) is 5.75 Å². The van der Waals surface area contributed by atoms with Crippen LogP contribution in [-0.4, -0.2) is 5.11 Å². The lowest BCUT2D eigenvalue weighted by Gasteiger charge is -2.23. The Morgan fingerprint density at radius 1 is 0.542 bits per heavy atom. The van der Waals surface area contributed by atoms with Crippen LogP contribution < -0.4 is 5.32 Å². The number of hydrogen-bond acceptors (Lipinski definition) is 2. The first kappa shape index (κ1) is 13.2. The number of phenols is 1. The van der Waals surface area contributed by atoms with Crippen LogP contribution in [0.25, 0.3) is 33.0 Å². The van der Waals surface area contributed by atoms with E-state index in [-0.39, 0.29) is 0 Å². The van der Waals surface area contributed by atoms with Gasteiger partial charge in [0.2, 0.25) is 0 Å². The second-order valence-corrected chi connectivity index (χ2v) is 6.08.